The van der Waals surface area contributed by atoms with Crippen molar-refractivity contribution in [2.24, 2.45) is 10.9 Å². The smallest absolute Gasteiger partial charge is 0.225 e. The molecule has 1 amide bonds. The third kappa shape index (κ3) is 2.82. The Kier molecular flexibility index (Phi) is 4.06. The Balaban J connectivity index is 1.84. The van der Waals surface area contributed by atoms with Crippen LogP contribution >= 0.6 is 0 Å². The molecule has 0 spiro atoms. The average molecular weight is 328 g/mol. The third-order valence-electron chi connectivity index (χ3n) is 4.76. The molecular formula is C22H20N2O. The van der Waals surface area contributed by atoms with Crippen LogP contribution < -0.4 is 0 Å². The Labute approximate surface area is 148 Å². The lowest BCUT2D eigenvalue weighted by Crippen LogP contribution is -2.38. The van der Waals surface area contributed by atoms with Gasteiger partial charge in [0.1, 0.15) is 11.9 Å². The highest BCUT2D eigenvalue weighted by atomic mass is 16.2. The number of rotatable bonds is 3. The van der Waals surface area contributed by atoms with Gasteiger partial charge >= 0.3 is 0 Å². The molecule has 2 aromatic rings. The number of nitrogens with zero attached hydrogens (tertiary/aromatic N) is 2. The molecule has 0 saturated heterocycles. The molecule has 2 atom stereocenters. The second kappa shape index (κ2) is 6.52. The van der Waals surface area contributed by atoms with Crippen molar-refractivity contribution in [1.82, 2.24) is 4.90 Å². The normalized spacial score (nSPS) is 22.4. The third-order valence-corrected chi connectivity index (χ3v) is 4.76. The van der Waals surface area contributed by atoms with Gasteiger partial charge in [0.25, 0.3) is 0 Å². The van der Waals surface area contributed by atoms with Crippen molar-refractivity contribution in [3.63, 3.8) is 0 Å². The van der Waals surface area contributed by atoms with Gasteiger partial charge in [-0.15, -0.1) is 0 Å². The monoisotopic (exact) mass is 328 g/mol. The van der Waals surface area contributed by atoms with E-state index in [0.717, 1.165) is 17.0 Å². The summed E-state index contributed by atoms with van der Waals surface area (Å²) in [5.41, 5.74) is 2.24. The number of carbonyl (C=O) groups excluding carboxylic acids is 1. The van der Waals surface area contributed by atoms with Gasteiger partial charge in [-0.05, 0) is 11.1 Å². The Morgan fingerprint density at radius 2 is 1.44 bits per heavy atom. The largest absolute Gasteiger partial charge is 0.290 e. The molecule has 124 valence electrons. The van der Waals surface area contributed by atoms with Crippen LogP contribution in [0, 0.1) is 5.92 Å². The van der Waals surface area contributed by atoms with Gasteiger partial charge in [0.15, 0.2) is 0 Å². The topological polar surface area (TPSA) is 32.7 Å². The molecule has 1 heterocycles. The molecule has 0 N–H and O–H groups in total. The van der Waals surface area contributed by atoms with E-state index in [2.05, 4.69) is 36.4 Å². The maximum atomic E-state index is 12.6. The minimum Gasteiger partial charge on any atom is -0.290 e. The van der Waals surface area contributed by atoms with Crippen LogP contribution in [0.4, 0.5) is 0 Å². The van der Waals surface area contributed by atoms with Crippen molar-refractivity contribution in [2.45, 2.75) is 19.0 Å². The number of aliphatic imine (C=N–C) groups is 1. The summed E-state index contributed by atoms with van der Waals surface area (Å²) in [5, 5.41) is 0. The van der Waals surface area contributed by atoms with Crippen LogP contribution in [0.1, 0.15) is 30.1 Å². The zero-order valence-electron chi connectivity index (χ0n) is 14.1. The van der Waals surface area contributed by atoms with Crippen molar-refractivity contribution in [3.8, 4) is 0 Å². The van der Waals surface area contributed by atoms with E-state index in [-0.39, 0.29) is 23.9 Å². The maximum absolute atomic E-state index is 12.6. The van der Waals surface area contributed by atoms with Crippen molar-refractivity contribution in [2.75, 3.05) is 0 Å². The number of hydrogen-bond acceptors (Lipinski definition) is 2. The zero-order valence-corrected chi connectivity index (χ0v) is 14.1. The summed E-state index contributed by atoms with van der Waals surface area (Å²) in [7, 11) is 0. The van der Waals surface area contributed by atoms with Gasteiger partial charge in [-0.3, -0.25) is 14.7 Å². The molecule has 2 aliphatic rings. The van der Waals surface area contributed by atoms with Crippen LogP contribution in [0.5, 0.6) is 0 Å². The van der Waals surface area contributed by atoms with E-state index in [9.17, 15) is 4.79 Å². The lowest BCUT2D eigenvalue weighted by molar-refractivity contribution is -0.126. The van der Waals surface area contributed by atoms with E-state index >= 15 is 0 Å². The second-order valence-corrected chi connectivity index (χ2v) is 6.38. The molecule has 0 aromatic heterocycles. The summed E-state index contributed by atoms with van der Waals surface area (Å²) in [6.45, 7) is 1.63. The predicted molar refractivity (Wildman–Crippen MR) is 100 cm³/mol. The Bertz CT molecular complexity index is 840. The van der Waals surface area contributed by atoms with E-state index in [1.807, 2.05) is 53.5 Å². The number of amides is 1. The number of benzene rings is 2. The van der Waals surface area contributed by atoms with Gasteiger partial charge in [0, 0.05) is 6.92 Å². The van der Waals surface area contributed by atoms with Crippen LogP contribution in [0.25, 0.3) is 0 Å². The van der Waals surface area contributed by atoms with Crippen LogP contribution in [0.2, 0.25) is 0 Å². The fourth-order valence-electron chi connectivity index (χ4n) is 3.66. The summed E-state index contributed by atoms with van der Waals surface area (Å²) in [5.74, 6) is 0.920. The average Bonchev–Trinajstić information content (AvgIpc) is 3.30. The molecule has 2 unspecified atom stereocenters. The first-order chi connectivity index (χ1) is 12.3. The van der Waals surface area contributed by atoms with Crippen LogP contribution in [0.15, 0.2) is 90.0 Å². The summed E-state index contributed by atoms with van der Waals surface area (Å²) < 4.78 is 0. The molecule has 4 rings (SSSR count). The summed E-state index contributed by atoms with van der Waals surface area (Å²) >= 11 is 0. The molecule has 0 fully saturated rings. The molecule has 0 saturated carbocycles. The quantitative estimate of drug-likeness (QED) is 0.818. The Morgan fingerprint density at radius 1 is 0.880 bits per heavy atom. The first-order valence-electron chi connectivity index (χ1n) is 8.58. The molecule has 0 bridgehead atoms. The van der Waals surface area contributed by atoms with Gasteiger partial charge in [-0.1, -0.05) is 85.0 Å². The highest BCUT2D eigenvalue weighted by Crippen LogP contribution is 2.43. The van der Waals surface area contributed by atoms with Crippen molar-refractivity contribution >= 4 is 11.7 Å². The van der Waals surface area contributed by atoms with Gasteiger partial charge in [0.05, 0.1) is 12.0 Å². The molecule has 1 aliphatic heterocycles. The number of amidine groups is 1. The second-order valence-electron chi connectivity index (χ2n) is 6.38. The fraction of sp³-hybridized carbons (Fsp3) is 0.182. The van der Waals surface area contributed by atoms with E-state index in [1.54, 1.807) is 6.92 Å². The maximum Gasteiger partial charge on any atom is 0.225 e. The zero-order chi connectivity index (χ0) is 17.2. The van der Waals surface area contributed by atoms with Crippen molar-refractivity contribution in [3.05, 3.63) is 96.1 Å². The Hall–Kier alpha value is -2.94. The van der Waals surface area contributed by atoms with E-state index in [4.69, 9.17) is 4.99 Å². The SMILES string of the molecule is CC(=O)N1C(C2C=CC=C2)=NC(c2ccccc2)C1c1ccccc1. The molecule has 2 aromatic carbocycles. The molecule has 1 aliphatic carbocycles. The minimum absolute atomic E-state index is 0.0275. The highest BCUT2D eigenvalue weighted by Gasteiger charge is 2.42. The number of hydrogen-bond donors (Lipinski definition) is 0. The summed E-state index contributed by atoms with van der Waals surface area (Å²) in [4.78, 5) is 19.5. The van der Waals surface area contributed by atoms with E-state index in [1.165, 1.54) is 0 Å². The number of carbonyl (C=O) groups is 1. The summed E-state index contributed by atoms with van der Waals surface area (Å²) in [6, 6.07) is 20.2. The fourth-order valence-corrected chi connectivity index (χ4v) is 3.66. The van der Waals surface area contributed by atoms with E-state index in [0.29, 0.717) is 0 Å². The number of allylic oxidation sites excluding steroid dienone is 2. The van der Waals surface area contributed by atoms with Crippen LogP contribution in [-0.4, -0.2) is 16.6 Å². The van der Waals surface area contributed by atoms with Crippen LogP contribution in [0.3, 0.4) is 0 Å². The first-order valence-corrected chi connectivity index (χ1v) is 8.58. The summed E-state index contributed by atoms with van der Waals surface area (Å²) in [6.07, 6.45) is 8.20. The van der Waals surface area contributed by atoms with Crippen LogP contribution in [-0.2, 0) is 4.79 Å². The predicted octanol–water partition coefficient (Wildman–Crippen LogP) is 4.47. The molecule has 3 nitrogen and oxygen atoms in total. The standard InChI is InChI=1S/C22H20N2O/c1-16(25)24-21(18-12-6-3-7-13-18)20(17-10-4-2-5-11-17)23-22(24)19-14-8-9-15-19/h2-15,19-21H,1H3. The van der Waals surface area contributed by atoms with Gasteiger partial charge in [-0.25, -0.2) is 0 Å². The molecule has 3 heteroatoms. The molecular weight excluding hydrogens is 308 g/mol. The van der Waals surface area contributed by atoms with Gasteiger partial charge in [0.2, 0.25) is 5.91 Å². The lowest BCUT2D eigenvalue weighted by atomic mass is 9.93. The van der Waals surface area contributed by atoms with E-state index < -0.39 is 0 Å². The van der Waals surface area contributed by atoms with Crippen molar-refractivity contribution < 1.29 is 4.79 Å². The van der Waals surface area contributed by atoms with Gasteiger partial charge < -0.3 is 0 Å². The first kappa shape index (κ1) is 15.6. The Morgan fingerprint density at radius 3 is 2.00 bits per heavy atom. The minimum atomic E-state index is -0.113. The highest BCUT2D eigenvalue weighted by molar-refractivity contribution is 6.02. The lowest BCUT2D eigenvalue weighted by Gasteiger charge is -2.29. The molecule has 25 heavy (non-hydrogen) atoms. The van der Waals surface area contributed by atoms with Gasteiger partial charge in [-0.2, -0.15) is 0 Å². The van der Waals surface area contributed by atoms with Crippen molar-refractivity contribution in [1.29, 1.82) is 0 Å². The molecule has 0 radical (unpaired) electrons.